The molecule has 0 unspecified atom stereocenters. The minimum atomic E-state index is -8.70. The molecule has 0 aromatic heterocycles. The highest BCUT2D eigenvalue weighted by molar-refractivity contribution is 5.83. The second kappa shape index (κ2) is 7.81. The molecule has 0 radical (unpaired) electrons. The van der Waals surface area contributed by atoms with Gasteiger partial charge in [-0.2, -0.15) is 74.6 Å². The highest BCUT2D eigenvalue weighted by atomic mass is 19.4. The number of rotatable bonds is 10. The van der Waals surface area contributed by atoms with Crippen LogP contribution in [0.2, 0.25) is 0 Å². The molecule has 0 aliphatic carbocycles. The summed E-state index contributed by atoms with van der Waals surface area (Å²) in [6, 6.07) is 0. The Morgan fingerprint density at radius 2 is 0.844 bits per heavy atom. The Balaban J connectivity index is 6.53. The van der Waals surface area contributed by atoms with E-state index in [-0.39, 0.29) is 0 Å². The summed E-state index contributed by atoms with van der Waals surface area (Å²) in [5, 5.41) is 10.2. The van der Waals surface area contributed by atoms with Crippen LogP contribution in [0.3, 0.4) is 0 Å². The van der Waals surface area contributed by atoms with E-state index < -0.39 is 72.0 Å². The fraction of sp³-hybridized carbons (Fsp3) is 0.769. The second-order valence-corrected chi connectivity index (χ2v) is 6.04. The summed E-state index contributed by atoms with van der Waals surface area (Å²) in [6.07, 6.45) is -12.7. The molecule has 32 heavy (non-hydrogen) atoms. The van der Waals surface area contributed by atoms with Gasteiger partial charge in [0.25, 0.3) is 0 Å². The lowest BCUT2D eigenvalue weighted by molar-refractivity contribution is -0.461. The van der Waals surface area contributed by atoms with Crippen molar-refractivity contribution in [1.82, 2.24) is 0 Å². The van der Waals surface area contributed by atoms with Crippen LogP contribution in [0, 0.1) is 0 Å². The first-order valence-electron chi connectivity index (χ1n) is 7.18. The molecule has 0 aliphatic rings. The molecular formula is C13H6F17O2-. The molecule has 0 heterocycles. The van der Waals surface area contributed by atoms with Gasteiger partial charge in [0.2, 0.25) is 0 Å². The number of carbonyl (C=O) groups is 1. The minimum Gasteiger partial charge on any atom is -0.545 e. The molecule has 0 N–H and O–H groups in total. The van der Waals surface area contributed by atoms with Gasteiger partial charge in [0.05, 0.1) is 5.97 Å². The number of hydrogen-bond donors (Lipinski definition) is 0. The van der Waals surface area contributed by atoms with Crippen molar-refractivity contribution < 1.29 is 84.5 Å². The summed E-state index contributed by atoms with van der Waals surface area (Å²) in [5.74, 6) is -59.5. The van der Waals surface area contributed by atoms with Gasteiger partial charge in [-0.1, -0.05) is 6.58 Å². The largest absolute Gasteiger partial charge is 0.545 e. The Morgan fingerprint density at radius 3 is 1.12 bits per heavy atom. The van der Waals surface area contributed by atoms with Crippen molar-refractivity contribution >= 4 is 5.97 Å². The molecule has 0 bridgehead atoms. The third-order valence-corrected chi connectivity index (χ3v) is 3.82. The molecule has 2 nitrogen and oxygen atoms in total. The van der Waals surface area contributed by atoms with Gasteiger partial charge in [0.1, 0.15) is 0 Å². The van der Waals surface area contributed by atoms with Gasteiger partial charge in [0, 0.05) is 6.42 Å². The SMILES string of the molecule is C=C(CCC(F)(F)C(F)(F)C(F)(F)C(F)(F)C(F)(F)C(F)(F)C(F)(F)C(F)(F)F)C(=O)[O-]. The molecule has 190 valence electrons. The van der Waals surface area contributed by atoms with E-state index in [1.807, 2.05) is 0 Å². The summed E-state index contributed by atoms with van der Waals surface area (Å²) in [7, 11) is 0. The molecule has 0 atom stereocenters. The Bertz CT molecular complexity index is 733. The molecule has 0 amide bonds. The van der Waals surface area contributed by atoms with Crippen molar-refractivity contribution in [2.24, 2.45) is 0 Å². The molecular weight excluding hydrogens is 511 g/mol. The lowest BCUT2D eigenvalue weighted by Crippen LogP contribution is -2.74. The van der Waals surface area contributed by atoms with E-state index >= 15 is 0 Å². The van der Waals surface area contributed by atoms with Crippen LogP contribution in [-0.4, -0.2) is 53.6 Å². The lowest BCUT2D eigenvalue weighted by Gasteiger charge is -2.42. The summed E-state index contributed by atoms with van der Waals surface area (Å²) in [5.41, 5.74) is -1.54. The van der Waals surface area contributed by atoms with E-state index in [0.29, 0.717) is 0 Å². The highest BCUT2D eigenvalue weighted by Crippen LogP contribution is 2.64. The van der Waals surface area contributed by atoms with Gasteiger partial charge in [-0.25, -0.2) is 0 Å². The Morgan fingerprint density at radius 1 is 0.562 bits per heavy atom. The number of carbonyl (C=O) groups excluding carboxylic acids is 1. The van der Waals surface area contributed by atoms with E-state index in [4.69, 9.17) is 0 Å². The van der Waals surface area contributed by atoms with E-state index in [9.17, 15) is 84.5 Å². The zero-order chi connectivity index (χ0) is 26.6. The Kier molecular flexibility index (Phi) is 7.32. The molecule has 0 aromatic rings. The van der Waals surface area contributed by atoms with Crippen LogP contribution in [0.15, 0.2) is 12.2 Å². The maximum atomic E-state index is 13.4. The van der Waals surface area contributed by atoms with Gasteiger partial charge in [0.15, 0.2) is 0 Å². The number of alkyl halides is 17. The topological polar surface area (TPSA) is 40.1 Å². The predicted octanol–water partition coefficient (Wildman–Crippen LogP) is 5.08. The first-order valence-corrected chi connectivity index (χ1v) is 7.18. The van der Waals surface area contributed by atoms with Crippen molar-refractivity contribution in [2.45, 2.75) is 60.5 Å². The van der Waals surface area contributed by atoms with Crippen molar-refractivity contribution in [3.63, 3.8) is 0 Å². The van der Waals surface area contributed by atoms with E-state index in [1.165, 1.54) is 0 Å². The van der Waals surface area contributed by atoms with Crippen LogP contribution in [0.5, 0.6) is 0 Å². The smallest absolute Gasteiger partial charge is 0.460 e. The highest BCUT2D eigenvalue weighted by Gasteiger charge is 2.95. The van der Waals surface area contributed by atoms with Crippen molar-refractivity contribution in [3.8, 4) is 0 Å². The quantitative estimate of drug-likeness (QED) is 0.300. The Labute approximate surface area is 164 Å². The van der Waals surface area contributed by atoms with E-state index in [0.717, 1.165) is 0 Å². The fourth-order valence-electron chi connectivity index (χ4n) is 1.76. The van der Waals surface area contributed by atoms with Gasteiger partial charge in [-0.15, -0.1) is 0 Å². The van der Waals surface area contributed by atoms with Crippen LogP contribution in [-0.2, 0) is 4.79 Å². The van der Waals surface area contributed by atoms with Crippen LogP contribution < -0.4 is 5.11 Å². The third-order valence-electron chi connectivity index (χ3n) is 3.82. The van der Waals surface area contributed by atoms with Gasteiger partial charge >= 0.3 is 47.6 Å². The van der Waals surface area contributed by atoms with Crippen molar-refractivity contribution in [1.29, 1.82) is 0 Å². The van der Waals surface area contributed by atoms with Crippen LogP contribution in [0.4, 0.5) is 74.6 Å². The summed E-state index contributed by atoms with van der Waals surface area (Å²) < 4.78 is 220. The monoisotopic (exact) mass is 517 g/mol. The molecule has 0 saturated heterocycles. The third kappa shape index (κ3) is 4.06. The van der Waals surface area contributed by atoms with Crippen LogP contribution in [0.25, 0.3) is 0 Å². The molecule has 0 aromatic carbocycles. The lowest BCUT2D eigenvalue weighted by atomic mass is 9.87. The molecule has 0 saturated carbocycles. The van der Waals surface area contributed by atoms with Crippen LogP contribution >= 0.6 is 0 Å². The number of aliphatic carboxylic acids is 1. The normalized spacial score (nSPS) is 15.7. The number of carboxylic acid groups (broad SMARTS) is 1. The maximum absolute atomic E-state index is 13.4. The zero-order valence-electron chi connectivity index (χ0n) is 14.4. The van der Waals surface area contributed by atoms with Crippen LogP contribution in [0.1, 0.15) is 12.8 Å². The standard InChI is InChI=1S/C13H7F17O2/c1-4(5(31)32)2-3-6(14,15)7(16,17)8(18,19)9(20,21)10(22,23)11(24,25)12(26,27)13(28,29)30/h1-3H2,(H,31,32)/p-1. The minimum absolute atomic E-state index is 1.54. The average Bonchev–Trinajstić information content (AvgIpc) is 2.57. The summed E-state index contributed by atoms with van der Waals surface area (Å²) in [6.45, 7) is 2.39. The van der Waals surface area contributed by atoms with Gasteiger partial charge in [-0.3, -0.25) is 0 Å². The van der Waals surface area contributed by atoms with E-state index in [2.05, 4.69) is 6.58 Å². The van der Waals surface area contributed by atoms with Gasteiger partial charge < -0.3 is 9.90 Å². The average molecular weight is 517 g/mol. The fourth-order valence-corrected chi connectivity index (χ4v) is 1.76. The van der Waals surface area contributed by atoms with Crippen molar-refractivity contribution in [3.05, 3.63) is 12.2 Å². The van der Waals surface area contributed by atoms with Gasteiger partial charge in [-0.05, 0) is 12.0 Å². The Hall–Kier alpha value is -1.98. The molecule has 0 fully saturated rings. The summed E-state index contributed by atoms with van der Waals surface area (Å²) in [4.78, 5) is 10.2. The number of halogens is 17. The number of carboxylic acids is 1. The molecule has 19 heteroatoms. The molecule has 0 spiro atoms. The van der Waals surface area contributed by atoms with Crippen molar-refractivity contribution in [2.75, 3.05) is 0 Å². The molecule has 0 rings (SSSR count). The predicted molar refractivity (Wildman–Crippen MR) is 64.1 cm³/mol. The zero-order valence-corrected chi connectivity index (χ0v) is 14.4. The van der Waals surface area contributed by atoms with E-state index in [1.54, 1.807) is 0 Å². The number of hydrogen-bond acceptors (Lipinski definition) is 2. The first kappa shape index (κ1) is 30.0. The molecule has 0 aliphatic heterocycles. The summed E-state index contributed by atoms with van der Waals surface area (Å²) >= 11 is 0. The second-order valence-electron chi connectivity index (χ2n) is 6.04. The first-order chi connectivity index (χ1) is 13.6. The maximum Gasteiger partial charge on any atom is 0.460 e.